The van der Waals surface area contributed by atoms with Gasteiger partial charge in [0.25, 0.3) is 0 Å². The Morgan fingerprint density at radius 2 is 1.68 bits per heavy atom. The summed E-state index contributed by atoms with van der Waals surface area (Å²) < 4.78 is 0. The van der Waals surface area contributed by atoms with Gasteiger partial charge in [-0.3, -0.25) is 14.5 Å². The van der Waals surface area contributed by atoms with E-state index in [0.717, 1.165) is 12.8 Å². The number of likely N-dealkylation sites (N-methyl/N-ethyl adjacent to an activating group) is 1. The number of anilines is 1. The number of halogens is 2. The van der Waals surface area contributed by atoms with Crippen LogP contribution in [0.4, 0.5) is 5.69 Å². The minimum atomic E-state index is -0.205. The summed E-state index contributed by atoms with van der Waals surface area (Å²) in [7, 11) is 1.75. The number of nitrogens with zero attached hydrogens (tertiary/aromatic N) is 1. The molecule has 2 rings (SSSR count). The van der Waals surface area contributed by atoms with E-state index < -0.39 is 0 Å². The number of rotatable bonds is 6. The molecule has 1 aliphatic carbocycles. The Kier molecular flexibility index (Phi) is 8.00. The van der Waals surface area contributed by atoms with E-state index >= 15 is 0 Å². The van der Waals surface area contributed by atoms with Gasteiger partial charge in [-0.05, 0) is 38.1 Å². The average Bonchev–Trinajstić information content (AvgIpc) is 2.79. The van der Waals surface area contributed by atoms with Crippen molar-refractivity contribution in [2.45, 2.75) is 44.6 Å². The van der Waals surface area contributed by atoms with Crippen molar-refractivity contribution >= 4 is 40.7 Å². The van der Waals surface area contributed by atoms with Gasteiger partial charge in [0.2, 0.25) is 11.8 Å². The number of nitrogens with one attached hydrogen (secondary N) is 2. The van der Waals surface area contributed by atoms with Crippen molar-refractivity contribution < 1.29 is 9.59 Å². The Hall–Kier alpha value is -1.30. The molecule has 5 nitrogen and oxygen atoms in total. The summed E-state index contributed by atoms with van der Waals surface area (Å²) in [6, 6.07) is 5.18. The number of hydrogen-bond acceptors (Lipinski definition) is 3. The molecule has 0 heterocycles. The first-order valence-electron chi connectivity index (χ1n) is 8.67. The highest BCUT2D eigenvalue weighted by Crippen LogP contribution is 2.24. The molecular formula is C18H25Cl2N3O2. The van der Waals surface area contributed by atoms with Crippen molar-refractivity contribution in [3.8, 4) is 0 Å². The van der Waals surface area contributed by atoms with Crippen LogP contribution in [0.5, 0.6) is 0 Å². The Morgan fingerprint density at radius 1 is 1.04 bits per heavy atom. The van der Waals surface area contributed by atoms with Crippen LogP contribution >= 0.6 is 23.2 Å². The molecule has 1 aliphatic rings. The third kappa shape index (κ3) is 7.22. The topological polar surface area (TPSA) is 61.4 Å². The minimum Gasteiger partial charge on any atom is -0.352 e. The van der Waals surface area contributed by atoms with Crippen LogP contribution in [0.25, 0.3) is 0 Å². The summed E-state index contributed by atoms with van der Waals surface area (Å²) in [5, 5.41) is 6.65. The molecule has 0 radical (unpaired) electrons. The largest absolute Gasteiger partial charge is 0.352 e. The molecule has 138 valence electrons. The number of benzene rings is 1. The second kappa shape index (κ2) is 10.00. The predicted octanol–water partition coefficient (Wildman–Crippen LogP) is 3.70. The van der Waals surface area contributed by atoms with Gasteiger partial charge in [-0.1, -0.05) is 48.9 Å². The summed E-state index contributed by atoms with van der Waals surface area (Å²) in [4.78, 5) is 25.9. The van der Waals surface area contributed by atoms with Crippen LogP contribution in [-0.2, 0) is 9.59 Å². The highest BCUT2D eigenvalue weighted by atomic mass is 35.5. The third-order valence-electron chi connectivity index (χ3n) is 4.25. The van der Waals surface area contributed by atoms with Gasteiger partial charge in [-0.25, -0.2) is 0 Å². The van der Waals surface area contributed by atoms with E-state index in [0.29, 0.717) is 15.7 Å². The fourth-order valence-electron chi connectivity index (χ4n) is 3.02. The summed E-state index contributed by atoms with van der Waals surface area (Å²) >= 11 is 11.8. The van der Waals surface area contributed by atoms with Crippen molar-refractivity contribution in [2.75, 3.05) is 25.5 Å². The SMILES string of the molecule is CN(CC(=O)Nc1ccc(Cl)c(Cl)c1)CC(=O)NC1CCCCCC1. The molecular weight excluding hydrogens is 361 g/mol. The molecule has 1 saturated carbocycles. The number of amides is 2. The first kappa shape index (κ1) is 20.0. The molecule has 1 fully saturated rings. The van der Waals surface area contributed by atoms with Gasteiger partial charge >= 0.3 is 0 Å². The van der Waals surface area contributed by atoms with Crippen LogP contribution < -0.4 is 10.6 Å². The normalized spacial score (nSPS) is 15.7. The molecule has 0 spiro atoms. The summed E-state index contributed by atoms with van der Waals surface area (Å²) in [6.45, 7) is 0.323. The Balaban J connectivity index is 1.74. The maximum atomic E-state index is 12.1. The molecule has 2 amide bonds. The zero-order valence-corrected chi connectivity index (χ0v) is 16.0. The van der Waals surface area contributed by atoms with Crippen molar-refractivity contribution in [1.82, 2.24) is 10.2 Å². The summed E-state index contributed by atoms with van der Waals surface area (Å²) in [5.74, 6) is -0.236. The number of hydrogen-bond donors (Lipinski definition) is 2. The van der Waals surface area contributed by atoms with E-state index in [4.69, 9.17) is 23.2 Å². The van der Waals surface area contributed by atoms with Gasteiger partial charge < -0.3 is 10.6 Å². The maximum Gasteiger partial charge on any atom is 0.238 e. The Morgan fingerprint density at radius 3 is 2.32 bits per heavy atom. The van der Waals surface area contributed by atoms with Gasteiger partial charge in [0, 0.05) is 11.7 Å². The van der Waals surface area contributed by atoms with E-state index in [1.807, 2.05) is 0 Å². The molecule has 0 aromatic heterocycles. The molecule has 7 heteroatoms. The van der Waals surface area contributed by atoms with Crippen LogP contribution in [0.15, 0.2) is 18.2 Å². The molecule has 0 aliphatic heterocycles. The Bertz CT molecular complexity index is 602. The fraction of sp³-hybridized carbons (Fsp3) is 0.556. The monoisotopic (exact) mass is 385 g/mol. The second-order valence-electron chi connectivity index (χ2n) is 6.61. The lowest BCUT2D eigenvalue weighted by atomic mass is 10.1. The smallest absolute Gasteiger partial charge is 0.238 e. The minimum absolute atomic E-state index is 0.0308. The molecule has 1 aromatic rings. The quantitative estimate of drug-likeness (QED) is 0.733. The maximum absolute atomic E-state index is 12.1. The van der Waals surface area contributed by atoms with E-state index in [1.54, 1.807) is 30.1 Å². The van der Waals surface area contributed by atoms with Gasteiger partial charge in [0.05, 0.1) is 23.1 Å². The first-order valence-corrected chi connectivity index (χ1v) is 9.42. The van der Waals surface area contributed by atoms with Gasteiger partial charge in [0.15, 0.2) is 0 Å². The van der Waals surface area contributed by atoms with Crippen molar-refractivity contribution in [3.63, 3.8) is 0 Å². The van der Waals surface area contributed by atoms with Crippen LogP contribution in [0.2, 0.25) is 10.0 Å². The summed E-state index contributed by atoms with van der Waals surface area (Å²) in [6.07, 6.45) is 6.95. The van der Waals surface area contributed by atoms with Gasteiger partial charge in [-0.15, -0.1) is 0 Å². The number of carbonyl (C=O) groups is 2. The van der Waals surface area contributed by atoms with E-state index in [2.05, 4.69) is 10.6 Å². The predicted molar refractivity (Wildman–Crippen MR) is 102 cm³/mol. The average molecular weight is 386 g/mol. The van der Waals surface area contributed by atoms with E-state index in [9.17, 15) is 9.59 Å². The lowest BCUT2D eigenvalue weighted by Gasteiger charge is -2.20. The molecule has 0 bridgehead atoms. The van der Waals surface area contributed by atoms with Crippen molar-refractivity contribution in [2.24, 2.45) is 0 Å². The number of carbonyl (C=O) groups excluding carboxylic acids is 2. The van der Waals surface area contributed by atoms with E-state index in [-0.39, 0.29) is 30.9 Å². The zero-order chi connectivity index (χ0) is 18.2. The molecule has 0 atom stereocenters. The highest BCUT2D eigenvalue weighted by Gasteiger charge is 2.16. The third-order valence-corrected chi connectivity index (χ3v) is 4.99. The molecule has 2 N–H and O–H groups in total. The second-order valence-corrected chi connectivity index (χ2v) is 7.42. The Labute approximate surface area is 159 Å². The van der Waals surface area contributed by atoms with Crippen LogP contribution in [-0.4, -0.2) is 42.9 Å². The van der Waals surface area contributed by atoms with Crippen LogP contribution in [0, 0.1) is 0 Å². The first-order chi connectivity index (χ1) is 11.9. The van der Waals surface area contributed by atoms with E-state index in [1.165, 1.54) is 25.7 Å². The highest BCUT2D eigenvalue weighted by molar-refractivity contribution is 6.42. The van der Waals surface area contributed by atoms with Gasteiger partial charge in [0.1, 0.15) is 0 Å². The summed E-state index contributed by atoms with van der Waals surface area (Å²) in [5.41, 5.74) is 0.579. The lowest BCUT2D eigenvalue weighted by molar-refractivity contribution is -0.123. The molecule has 1 aromatic carbocycles. The molecule has 25 heavy (non-hydrogen) atoms. The zero-order valence-electron chi connectivity index (χ0n) is 14.5. The standard InChI is InChI=1S/C18H25Cl2N3O2/c1-23(11-17(24)21-13-6-4-2-3-5-7-13)12-18(25)22-14-8-9-15(19)16(20)10-14/h8-10,13H,2-7,11-12H2,1H3,(H,21,24)(H,22,25). The van der Waals surface area contributed by atoms with Crippen molar-refractivity contribution in [1.29, 1.82) is 0 Å². The fourth-order valence-corrected chi connectivity index (χ4v) is 3.32. The lowest BCUT2D eigenvalue weighted by Crippen LogP contribution is -2.42. The van der Waals surface area contributed by atoms with Gasteiger partial charge in [-0.2, -0.15) is 0 Å². The van der Waals surface area contributed by atoms with Crippen LogP contribution in [0.1, 0.15) is 38.5 Å². The van der Waals surface area contributed by atoms with Crippen LogP contribution in [0.3, 0.4) is 0 Å². The van der Waals surface area contributed by atoms with Crippen molar-refractivity contribution in [3.05, 3.63) is 28.2 Å². The molecule has 0 unspecified atom stereocenters. The molecule has 0 saturated heterocycles.